The topological polar surface area (TPSA) is 80.5 Å². The van der Waals surface area contributed by atoms with Crippen LogP contribution in [0.15, 0.2) is 75.1 Å². The molecule has 0 spiro atoms. The van der Waals surface area contributed by atoms with Crippen LogP contribution in [0.5, 0.6) is 0 Å². The van der Waals surface area contributed by atoms with Crippen LogP contribution in [0.25, 0.3) is 10.2 Å². The quantitative estimate of drug-likeness (QED) is 0.342. The van der Waals surface area contributed by atoms with Gasteiger partial charge in [0.2, 0.25) is 0 Å². The second kappa shape index (κ2) is 8.86. The van der Waals surface area contributed by atoms with Gasteiger partial charge in [-0.2, -0.15) is 0 Å². The molecule has 0 unspecified atom stereocenters. The average molecular weight is 473 g/mol. The van der Waals surface area contributed by atoms with Gasteiger partial charge in [0, 0.05) is 10.5 Å². The highest BCUT2D eigenvalue weighted by molar-refractivity contribution is 7.98. The number of amides is 1. The first-order valence-electron chi connectivity index (χ1n) is 9.53. The van der Waals surface area contributed by atoms with Crippen molar-refractivity contribution in [2.75, 3.05) is 16.9 Å². The number of fused-ring (bicyclic) bond motifs is 1. The predicted molar refractivity (Wildman–Crippen MR) is 125 cm³/mol. The standard InChI is InChI=1S/C22H20N2O4S3/c1-3-31(26,27)17-11-9-15(10-12-17)21(25)24(14-16-6-5-13-28-16)22-23-20-18(29-2)7-4-8-19(20)30-22/h4-13H,3,14H2,1-2H3. The molecule has 0 N–H and O–H groups in total. The third-order valence-corrected chi connectivity index (χ3v) is 8.36. The summed E-state index contributed by atoms with van der Waals surface area (Å²) in [7, 11) is -3.33. The highest BCUT2D eigenvalue weighted by Gasteiger charge is 2.24. The summed E-state index contributed by atoms with van der Waals surface area (Å²) in [4.78, 5) is 21.0. The Morgan fingerprint density at radius 1 is 1.13 bits per heavy atom. The SMILES string of the molecule is CCS(=O)(=O)c1ccc(C(=O)N(Cc2ccco2)c2nc3c(SC)cccc3s2)cc1. The van der Waals surface area contributed by atoms with Gasteiger partial charge in [0.05, 0.1) is 33.7 Å². The van der Waals surface area contributed by atoms with Crippen molar-refractivity contribution in [1.82, 2.24) is 4.98 Å². The Labute approximate surface area is 188 Å². The van der Waals surface area contributed by atoms with Gasteiger partial charge in [-0.25, -0.2) is 13.4 Å². The molecule has 2 aromatic carbocycles. The molecule has 0 aliphatic heterocycles. The van der Waals surface area contributed by atoms with E-state index in [4.69, 9.17) is 9.40 Å². The zero-order valence-electron chi connectivity index (χ0n) is 16.9. The third-order valence-electron chi connectivity index (χ3n) is 4.80. The lowest BCUT2D eigenvalue weighted by atomic mass is 10.2. The molecule has 2 aromatic heterocycles. The van der Waals surface area contributed by atoms with Crippen LogP contribution in [0, 0.1) is 0 Å². The number of hydrogen-bond acceptors (Lipinski definition) is 7. The fourth-order valence-corrected chi connectivity index (χ4v) is 5.61. The average Bonchev–Trinajstić information content (AvgIpc) is 3.46. The lowest BCUT2D eigenvalue weighted by Crippen LogP contribution is -2.30. The van der Waals surface area contributed by atoms with Crippen LogP contribution in [0.2, 0.25) is 0 Å². The summed E-state index contributed by atoms with van der Waals surface area (Å²) in [5.41, 5.74) is 1.24. The number of nitrogens with zero attached hydrogens (tertiary/aromatic N) is 2. The molecule has 4 rings (SSSR count). The van der Waals surface area contributed by atoms with Crippen molar-refractivity contribution in [3.63, 3.8) is 0 Å². The largest absolute Gasteiger partial charge is 0.467 e. The van der Waals surface area contributed by atoms with Gasteiger partial charge in [-0.05, 0) is 54.8 Å². The molecular formula is C22H20N2O4S3. The number of carbonyl (C=O) groups is 1. The Balaban J connectivity index is 1.74. The van der Waals surface area contributed by atoms with E-state index < -0.39 is 9.84 Å². The van der Waals surface area contributed by atoms with Crippen LogP contribution in [0.3, 0.4) is 0 Å². The number of hydrogen-bond donors (Lipinski definition) is 0. The number of anilines is 1. The van der Waals surface area contributed by atoms with E-state index in [1.54, 1.807) is 54.1 Å². The molecule has 160 valence electrons. The van der Waals surface area contributed by atoms with Crippen LogP contribution < -0.4 is 4.90 Å². The minimum absolute atomic E-state index is 0.00832. The maximum Gasteiger partial charge on any atom is 0.260 e. The van der Waals surface area contributed by atoms with Gasteiger partial charge in [0.15, 0.2) is 15.0 Å². The lowest BCUT2D eigenvalue weighted by Gasteiger charge is -2.19. The number of para-hydroxylation sites is 1. The van der Waals surface area contributed by atoms with Crippen LogP contribution in [-0.4, -0.2) is 31.3 Å². The normalized spacial score (nSPS) is 11.7. The predicted octanol–water partition coefficient (Wildman–Crippen LogP) is 5.25. The number of thiazole rings is 1. The molecule has 4 aromatic rings. The summed E-state index contributed by atoms with van der Waals surface area (Å²) >= 11 is 3.04. The maximum atomic E-state index is 13.4. The van der Waals surface area contributed by atoms with E-state index in [1.807, 2.05) is 24.5 Å². The lowest BCUT2D eigenvalue weighted by molar-refractivity contribution is 0.0983. The van der Waals surface area contributed by atoms with E-state index in [1.165, 1.54) is 23.5 Å². The van der Waals surface area contributed by atoms with Gasteiger partial charge in [0.25, 0.3) is 5.91 Å². The van der Waals surface area contributed by atoms with Crippen molar-refractivity contribution >= 4 is 54.2 Å². The zero-order chi connectivity index (χ0) is 22.0. The van der Waals surface area contributed by atoms with Gasteiger partial charge in [0.1, 0.15) is 5.76 Å². The van der Waals surface area contributed by atoms with Crippen molar-refractivity contribution < 1.29 is 17.6 Å². The van der Waals surface area contributed by atoms with Gasteiger partial charge < -0.3 is 4.42 Å². The molecule has 0 aliphatic carbocycles. The fourth-order valence-electron chi connectivity index (χ4n) is 3.10. The zero-order valence-corrected chi connectivity index (χ0v) is 19.4. The Morgan fingerprint density at radius 2 is 1.90 bits per heavy atom. The molecule has 0 fully saturated rings. The molecule has 0 atom stereocenters. The van der Waals surface area contributed by atoms with Gasteiger partial charge in [-0.3, -0.25) is 9.69 Å². The molecule has 0 saturated carbocycles. The number of aromatic nitrogens is 1. The summed E-state index contributed by atoms with van der Waals surface area (Å²) < 4.78 is 30.6. The van der Waals surface area contributed by atoms with Crippen molar-refractivity contribution in [3.8, 4) is 0 Å². The summed E-state index contributed by atoms with van der Waals surface area (Å²) in [5, 5.41) is 0.558. The molecule has 0 radical (unpaired) electrons. The van der Waals surface area contributed by atoms with E-state index in [0.29, 0.717) is 16.5 Å². The maximum absolute atomic E-state index is 13.4. The van der Waals surface area contributed by atoms with Gasteiger partial charge >= 0.3 is 0 Å². The molecule has 0 bridgehead atoms. The number of carbonyl (C=O) groups excluding carboxylic acids is 1. The summed E-state index contributed by atoms with van der Waals surface area (Å²) in [6.45, 7) is 1.81. The van der Waals surface area contributed by atoms with Crippen LogP contribution in [-0.2, 0) is 16.4 Å². The van der Waals surface area contributed by atoms with Gasteiger partial charge in [-0.15, -0.1) is 11.8 Å². The number of benzene rings is 2. The fraction of sp³-hybridized carbons (Fsp3) is 0.182. The Morgan fingerprint density at radius 3 is 2.55 bits per heavy atom. The highest BCUT2D eigenvalue weighted by Crippen LogP contribution is 2.35. The molecule has 9 heteroatoms. The molecule has 2 heterocycles. The van der Waals surface area contributed by atoms with E-state index in [2.05, 4.69) is 0 Å². The smallest absolute Gasteiger partial charge is 0.260 e. The van der Waals surface area contributed by atoms with Crippen LogP contribution >= 0.6 is 23.1 Å². The Hall–Kier alpha value is -2.62. The molecule has 6 nitrogen and oxygen atoms in total. The number of rotatable bonds is 7. The molecule has 0 saturated heterocycles. The molecule has 31 heavy (non-hydrogen) atoms. The van der Waals surface area contributed by atoms with Crippen LogP contribution in [0.1, 0.15) is 23.0 Å². The minimum atomic E-state index is -3.33. The monoisotopic (exact) mass is 472 g/mol. The second-order valence-electron chi connectivity index (χ2n) is 6.70. The van der Waals surface area contributed by atoms with Crippen molar-refractivity contribution in [3.05, 3.63) is 72.2 Å². The van der Waals surface area contributed by atoms with Crippen molar-refractivity contribution in [2.24, 2.45) is 0 Å². The van der Waals surface area contributed by atoms with Gasteiger partial charge in [-0.1, -0.05) is 24.3 Å². The van der Waals surface area contributed by atoms with E-state index in [-0.39, 0.29) is 23.1 Å². The second-order valence-corrected chi connectivity index (χ2v) is 10.8. The third kappa shape index (κ3) is 4.39. The van der Waals surface area contributed by atoms with E-state index in [0.717, 1.165) is 15.1 Å². The van der Waals surface area contributed by atoms with E-state index in [9.17, 15) is 13.2 Å². The molecule has 1 amide bonds. The van der Waals surface area contributed by atoms with E-state index >= 15 is 0 Å². The molecular weight excluding hydrogens is 452 g/mol. The summed E-state index contributed by atoms with van der Waals surface area (Å²) in [5.74, 6) is 0.360. The van der Waals surface area contributed by atoms with Crippen LogP contribution in [0.4, 0.5) is 5.13 Å². The summed E-state index contributed by atoms with van der Waals surface area (Å²) in [6.07, 6.45) is 3.55. The summed E-state index contributed by atoms with van der Waals surface area (Å²) in [6, 6.07) is 15.6. The molecule has 0 aliphatic rings. The first kappa shape index (κ1) is 21.6. The Bertz CT molecular complexity index is 1310. The number of sulfone groups is 1. The van der Waals surface area contributed by atoms with Crippen molar-refractivity contribution in [2.45, 2.75) is 23.3 Å². The number of thioether (sulfide) groups is 1. The van der Waals surface area contributed by atoms with Crippen molar-refractivity contribution in [1.29, 1.82) is 0 Å². The number of furan rings is 1. The first-order chi connectivity index (χ1) is 14.9. The minimum Gasteiger partial charge on any atom is -0.467 e. The highest BCUT2D eigenvalue weighted by atomic mass is 32.2. The first-order valence-corrected chi connectivity index (χ1v) is 13.2. The Kier molecular flexibility index (Phi) is 6.17.